The number of fused-ring (bicyclic) bond motifs is 1. The van der Waals surface area contributed by atoms with Crippen molar-refractivity contribution in [3.05, 3.63) is 29.8 Å². The standard InChI is InChI=1S/C31H44N2O8/c1-29(2,3)40-25(36)19-33-23-12-8-7-11-20(23)13-14-22(26(33)37)32-28(39)31(15-9-10-16-31)18-21(17-24(34)35)27(38)41-30(4,5)6/h7-8,11-12,21-22H,9-10,13-19H2,1-6H3,(H,32,39)(H,34,35)/t21?,22-/m0/s1. The number of nitrogens with zero attached hydrogens (tertiary/aromatic N) is 1. The maximum Gasteiger partial charge on any atom is 0.326 e. The van der Waals surface area contributed by atoms with Crippen LogP contribution in [-0.2, 0) is 39.9 Å². The highest BCUT2D eigenvalue weighted by atomic mass is 16.6. The number of nitrogens with one attached hydrogen (secondary N) is 1. The number of benzene rings is 1. The van der Waals surface area contributed by atoms with Gasteiger partial charge in [-0.15, -0.1) is 0 Å². The van der Waals surface area contributed by atoms with E-state index in [0.29, 0.717) is 31.4 Å². The van der Waals surface area contributed by atoms with Crippen LogP contribution < -0.4 is 10.2 Å². The molecular formula is C31H44N2O8. The molecule has 2 N–H and O–H groups in total. The number of aryl methyl sites for hydroxylation is 1. The van der Waals surface area contributed by atoms with Crippen molar-refractivity contribution in [1.29, 1.82) is 0 Å². The molecule has 2 aliphatic rings. The monoisotopic (exact) mass is 572 g/mol. The molecule has 0 saturated heterocycles. The van der Waals surface area contributed by atoms with E-state index in [1.807, 2.05) is 12.1 Å². The van der Waals surface area contributed by atoms with Crippen LogP contribution in [0.3, 0.4) is 0 Å². The summed E-state index contributed by atoms with van der Waals surface area (Å²) >= 11 is 0. The average molecular weight is 573 g/mol. The summed E-state index contributed by atoms with van der Waals surface area (Å²) in [6.45, 7) is 10.1. The van der Waals surface area contributed by atoms with Gasteiger partial charge < -0.3 is 19.9 Å². The van der Waals surface area contributed by atoms with Crippen molar-refractivity contribution in [3.63, 3.8) is 0 Å². The third kappa shape index (κ3) is 8.78. The number of carboxylic acid groups (broad SMARTS) is 1. The highest BCUT2D eigenvalue weighted by molar-refractivity contribution is 6.03. The highest BCUT2D eigenvalue weighted by Gasteiger charge is 2.47. The second kappa shape index (κ2) is 12.6. The van der Waals surface area contributed by atoms with E-state index < -0.39 is 58.8 Å². The SMILES string of the molecule is CC(C)(C)OC(=O)CN1C(=O)[C@@H](NC(=O)C2(CC(CC(=O)O)C(=O)OC(C)(C)C)CCCC2)CCc2ccccc21. The maximum absolute atomic E-state index is 13.9. The van der Waals surface area contributed by atoms with E-state index in [4.69, 9.17) is 9.47 Å². The number of hydrogen-bond acceptors (Lipinski definition) is 7. The van der Waals surface area contributed by atoms with E-state index in [2.05, 4.69) is 5.32 Å². The lowest BCUT2D eigenvalue weighted by Crippen LogP contribution is -2.53. The van der Waals surface area contributed by atoms with Gasteiger partial charge in [-0.05, 0) is 85.3 Å². The fourth-order valence-electron chi connectivity index (χ4n) is 5.71. The zero-order valence-electron chi connectivity index (χ0n) is 25.1. The first-order valence-electron chi connectivity index (χ1n) is 14.4. The number of anilines is 1. The van der Waals surface area contributed by atoms with Crippen molar-refractivity contribution >= 4 is 35.4 Å². The van der Waals surface area contributed by atoms with E-state index in [1.54, 1.807) is 53.7 Å². The van der Waals surface area contributed by atoms with Crippen molar-refractivity contribution in [1.82, 2.24) is 5.32 Å². The van der Waals surface area contributed by atoms with Gasteiger partial charge in [-0.25, -0.2) is 0 Å². The summed E-state index contributed by atoms with van der Waals surface area (Å²) < 4.78 is 11.0. The number of carbonyl (C=O) groups is 5. The maximum atomic E-state index is 13.9. The fraction of sp³-hybridized carbons (Fsp3) is 0.645. The molecule has 0 bridgehead atoms. The number of esters is 2. The third-order valence-electron chi connectivity index (χ3n) is 7.40. The number of amides is 2. The minimum atomic E-state index is -1.15. The number of rotatable bonds is 9. The van der Waals surface area contributed by atoms with Crippen LogP contribution in [0, 0.1) is 11.3 Å². The number of ether oxygens (including phenoxy) is 2. The Bertz CT molecular complexity index is 1160. The van der Waals surface area contributed by atoms with Gasteiger partial charge in [0.05, 0.1) is 17.8 Å². The largest absolute Gasteiger partial charge is 0.481 e. The zero-order chi connectivity index (χ0) is 30.6. The number of aliphatic carboxylic acids is 1. The topological polar surface area (TPSA) is 139 Å². The molecule has 2 atom stereocenters. The summed E-state index contributed by atoms with van der Waals surface area (Å²) in [6.07, 6.45) is 2.83. The van der Waals surface area contributed by atoms with Crippen LogP contribution in [0.15, 0.2) is 24.3 Å². The summed E-state index contributed by atoms with van der Waals surface area (Å²) in [5, 5.41) is 12.5. The lowest BCUT2D eigenvalue weighted by Gasteiger charge is -2.34. The van der Waals surface area contributed by atoms with Gasteiger partial charge in [0, 0.05) is 5.69 Å². The molecule has 10 nitrogen and oxygen atoms in total. The number of carboxylic acids is 1. The molecule has 0 aromatic heterocycles. The molecule has 1 heterocycles. The zero-order valence-corrected chi connectivity index (χ0v) is 25.1. The molecule has 1 aromatic rings. The van der Waals surface area contributed by atoms with E-state index >= 15 is 0 Å². The van der Waals surface area contributed by atoms with Crippen molar-refractivity contribution in [2.24, 2.45) is 11.3 Å². The van der Waals surface area contributed by atoms with Crippen LogP contribution in [0.1, 0.15) is 92.1 Å². The molecule has 1 fully saturated rings. The van der Waals surface area contributed by atoms with Crippen molar-refractivity contribution in [2.75, 3.05) is 11.4 Å². The normalized spacial score (nSPS) is 19.5. The van der Waals surface area contributed by atoms with Gasteiger partial charge >= 0.3 is 17.9 Å². The van der Waals surface area contributed by atoms with Gasteiger partial charge in [0.2, 0.25) is 11.8 Å². The Morgan fingerprint density at radius 3 is 2.22 bits per heavy atom. The Morgan fingerprint density at radius 2 is 1.63 bits per heavy atom. The molecule has 3 rings (SSSR count). The van der Waals surface area contributed by atoms with Crippen LogP contribution in [0.4, 0.5) is 5.69 Å². The second-order valence-corrected chi connectivity index (χ2v) is 13.2. The van der Waals surface area contributed by atoms with Gasteiger partial charge in [0.25, 0.3) is 0 Å². The van der Waals surface area contributed by atoms with E-state index in [-0.39, 0.29) is 18.9 Å². The van der Waals surface area contributed by atoms with Gasteiger partial charge in [-0.2, -0.15) is 0 Å². The second-order valence-electron chi connectivity index (χ2n) is 13.2. The molecule has 1 unspecified atom stereocenters. The lowest BCUT2D eigenvalue weighted by molar-refractivity contribution is -0.164. The first-order chi connectivity index (χ1) is 19.0. The van der Waals surface area contributed by atoms with Crippen LogP contribution >= 0.6 is 0 Å². The Balaban J connectivity index is 1.85. The predicted octanol–water partition coefficient (Wildman–Crippen LogP) is 4.18. The average Bonchev–Trinajstić information content (AvgIpc) is 3.27. The molecule has 2 amide bonds. The Labute approximate surface area is 242 Å². The first kappa shape index (κ1) is 32.1. The molecule has 41 heavy (non-hydrogen) atoms. The third-order valence-corrected chi connectivity index (χ3v) is 7.40. The Kier molecular flexibility index (Phi) is 9.87. The van der Waals surface area contributed by atoms with Gasteiger partial charge in [-0.1, -0.05) is 31.0 Å². The summed E-state index contributed by atoms with van der Waals surface area (Å²) in [6, 6.07) is 6.41. The van der Waals surface area contributed by atoms with Crippen molar-refractivity contribution < 1.29 is 38.6 Å². The van der Waals surface area contributed by atoms with Crippen LogP contribution in [0.5, 0.6) is 0 Å². The quantitative estimate of drug-likeness (QED) is 0.420. The van der Waals surface area contributed by atoms with Crippen LogP contribution in [-0.4, -0.2) is 58.6 Å². The summed E-state index contributed by atoms with van der Waals surface area (Å²) in [5.41, 5.74) is -1.07. The molecule has 10 heteroatoms. The van der Waals surface area contributed by atoms with Gasteiger partial charge in [0.1, 0.15) is 23.8 Å². The molecule has 1 aliphatic heterocycles. The van der Waals surface area contributed by atoms with E-state index in [0.717, 1.165) is 18.4 Å². The molecule has 1 aliphatic carbocycles. The highest BCUT2D eigenvalue weighted by Crippen LogP contribution is 2.45. The summed E-state index contributed by atoms with van der Waals surface area (Å²) in [4.78, 5) is 66.6. The van der Waals surface area contributed by atoms with Crippen LogP contribution in [0.2, 0.25) is 0 Å². The first-order valence-corrected chi connectivity index (χ1v) is 14.4. The molecule has 226 valence electrons. The van der Waals surface area contributed by atoms with Crippen molar-refractivity contribution in [3.8, 4) is 0 Å². The number of hydrogen-bond donors (Lipinski definition) is 2. The Hall–Kier alpha value is -3.43. The Morgan fingerprint density at radius 1 is 1.02 bits per heavy atom. The smallest absolute Gasteiger partial charge is 0.326 e. The fourth-order valence-corrected chi connectivity index (χ4v) is 5.71. The predicted molar refractivity (Wildman–Crippen MR) is 152 cm³/mol. The molecule has 1 aromatic carbocycles. The number of carbonyl (C=O) groups excluding carboxylic acids is 4. The summed E-state index contributed by atoms with van der Waals surface area (Å²) in [5.74, 6) is -4.17. The van der Waals surface area contributed by atoms with Crippen molar-refractivity contribution in [2.45, 2.75) is 110 Å². The number of para-hydroxylation sites is 1. The van der Waals surface area contributed by atoms with Crippen LogP contribution in [0.25, 0.3) is 0 Å². The molecule has 0 radical (unpaired) electrons. The summed E-state index contributed by atoms with van der Waals surface area (Å²) in [7, 11) is 0. The minimum Gasteiger partial charge on any atom is -0.481 e. The van der Waals surface area contributed by atoms with Gasteiger partial charge in [-0.3, -0.25) is 28.9 Å². The molecule has 1 saturated carbocycles. The molecule has 0 spiro atoms. The van der Waals surface area contributed by atoms with E-state index in [1.165, 1.54) is 4.90 Å². The van der Waals surface area contributed by atoms with Gasteiger partial charge in [0.15, 0.2) is 0 Å². The lowest BCUT2D eigenvalue weighted by atomic mass is 9.75. The van der Waals surface area contributed by atoms with E-state index in [9.17, 15) is 29.1 Å². The minimum absolute atomic E-state index is 0.0167. The molecular weight excluding hydrogens is 528 g/mol.